The van der Waals surface area contributed by atoms with E-state index in [1.54, 1.807) is 24.5 Å². The van der Waals surface area contributed by atoms with Crippen molar-refractivity contribution in [2.45, 2.75) is 19.4 Å². The van der Waals surface area contributed by atoms with Gasteiger partial charge in [0.15, 0.2) is 0 Å². The summed E-state index contributed by atoms with van der Waals surface area (Å²) in [7, 11) is 0. The third-order valence-electron chi connectivity index (χ3n) is 3.63. The lowest BCUT2D eigenvalue weighted by Crippen LogP contribution is -2.26. The van der Waals surface area contributed by atoms with Gasteiger partial charge in [0.2, 0.25) is 0 Å². The number of pyridine rings is 1. The molecule has 110 valence electrons. The largest absolute Gasteiger partial charge is 0.370 e. The summed E-state index contributed by atoms with van der Waals surface area (Å²) in [6.45, 7) is 2.40. The number of nitrogens with one attached hydrogen (secondary N) is 1. The smallest absolute Gasteiger partial charge is 0.269 e. The van der Waals surface area contributed by atoms with Crippen LogP contribution in [0.5, 0.6) is 0 Å². The number of nitrogen functional groups attached to an aromatic ring is 1. The molecule has 0 unspecified atom stereocenters. The topological polar surface area (TPSA) is 89.1 Å². The molecule has 2 aromatic heterocycles. The summed E-state index contributed by atoms with van der Waals surface area (Å²) in [5, 5.41) is 4.26. The highest BCUT2D eigenvalue weighted by Crippen LogP contribution is 2.16. The number of hydrogen-bond acceptors (Lipinski definition) is 6. The Morgan fingerprint density at radius 3 is 2.67 bits per heavy atom. The zero-order valence-electron chi connectivity index (χ0n) is 11.7. The zero-order chi connectivity index (χ0) is 14.7. The number of aromatic nitrogens is 3. The summed E-state index contributed by atoms with van der Waals surface area (Å²) >= 11 is 0. The Hall–Kier alpha value is -2.41. The monoisotopic (exact) mass is 286 g/mol. The summed E-state index contributed by atoms with van der Waals surface area (Å²) in [5.41, 5.74) is 4.18. The molecule has 0 spiro atoms. The van der Waals surface area contributed by atoms with Crippen LogP contribution in [0.1, 0.15) is 18.4 Å². The summed E-state index contributed by atoms with van der Waals surface area (Å²) in [6, 6.07) is 5.28. The quantitative estimate of drug-likeness (QED) is 0.631. The molecular formula is C14H18N6O. The molecule has 0 aromatic carbocycles. The van der Waals surface area contributed by atoms with Gasteiger partial charge in [-0.05, 0) is 24.5 Å². The van der Waals surface area contributed by atoms with Crippen molar-refractivity contribution in [2.24, 2.45) is 5.84 Å². The van der Waals surface area contributed by atoms with E-state index in [2.05, 4.69) is 20.4 Å². The number of hydrogen-bond donors (Lipinski definition) is 2. The molecule has 1 saturated heterocycles. The van der Waals surface area contributed by atoms with E-state index in [1.807, 2.05) is 6.07 Å². The summed E-state index contributed by atoms with van der Waals surface area (Å²) in [6.07, 6.45) is 5.79. The summed E-state index contributed by atoms with van der Waals surface area (Å²) in [4.78, 5) is 18.5. The van der Waals surface area contributed by atoms with Crippen LogP contribution in [0.4, 0.5) is 11.5 Å². The minimum atomic E-state index is -0.0968. The molecule has 3 N–H and O–H groups in total. The standard InChI is InChI=1S/C14H18N6O/c15-18-13-4-3-11(8-16-13)10-20-14(21)7-12(9-17-20)19-5-1-2-6-19/h3-4,7-9H,1-2,5-6,10,15H2,(H,16,18). The van der Waals surface area contributed by atoms with E-state index in [4.69, 9.17) is 5.84 Å². The van der Waals surface area contributed by atoms with E-state index in [0.29, 0.717) is 12.4 Å². The second-order valence-corrected chi connectivity index (χ2v) is 5.10. The summed E-state index contributed by atoms with van der Waals surface area (Å²) < 4.78 is 1.44. The Morgan fingerprint density at radius 2 is 2.05 bits per heavy atom. The molecule has 1 fully saturated rings. The van der Waals surface area contributed by atoms with Gasteiger partial charge in [-0.2, -0.15) is 5.10 Å². The second kappa shape index (κ2) is 5.92. The predicted octanol–water partition coefficient (Wildman–Crippen LogP) is 0.572. The number of anilines is 2. The molecule has 0 radical (unpaired) electrons. The van der Waals surface area contributed by atoms with Gasteiger partial charge in [0, 0.05) is 25.4 Å². The lowest BCUT2D eigenvalue weighted by molar-refractivity contribution is 0.636. The van der Waals surface area contributed by atoms with Crippen molar-refractivity contribution in [2.75, 3.05) is 23.4 Å². The lowest BCUT2D eigenvalue weighted by Gasteiger charge is -2.17. The van der Waals surface area contributed by atoms with Gasteiger partial charge < -0.3 is 10.3 Å². The fourth-order valence-electron chi connectivity index (χ4n) is 2.47. The van der Waals surface area contributed by atoms with Gasteiger partial charge >= 0.3 is 0 Å². The molecule has 0 bridgehead atoms. The normalized spacial score (nSPS) is 14.4. The lowest BCUT2D eigenvalue weighted by atomic mass is 10.3. The number of nitrogens with zero attached hydrogens (tertiary/aromatic N) is 4. The highest BCUT2D eigenvalue weighted by Gasteiger charge is 2.13. The van der Waals surface area contributed by atoms with Crippen molar-refractivity contribution in [3.63, 3.8) is 0 Å². The van der Waals surface area contributed by atoms with Crippen LogP contribution in [-0.4, -0.2) is 27.9 Å². The molecule has 1 aliphatic heterocycles. The van der Waals surface area contributed by atoms with Gasteiger partial charge in [-0.1, -0.05) is 6.07 Å². The molecule has 2 aromatic rings. The maximum Gasteiger partial charge on any atom is 0.269 e. The van der Waals surface area contributed by atoms with Gasteiger partial charge in [-0.3, -0.25) is 4.79 Å². The Kier molecular flexibility index (Phi) is 3.83. The minimum Gasteiger partial charge on any atom is -0.370 e. The van der Waals surface area contributed by atoms with Crippen LogP contribution in [-0.2, 0) is 6.54 Å². The first-order chi connectivity index (χ1) is 10.3. The highest BCUT2D eigenvalue weighted by atomic mass is 16.1. The van der Waals surface area contributed by atoms with Gasteiger partial charge in [-0.25, -0.2) is 15.5 Å². The first kappa shape index (κ1) is 13.6. The zero-order valence-corrected chi connectivity index (χ0v) is 11.7. The Bertz CT molecular complexity index is 660. The molecule has 0 amide bonds. The Morgan fingerprint density at radius 1 is 1.24 bits per heavy atom. The molecule has 21 heavy (non-hydrogen) atoms. The molecule has 1 aliphatic rings. The Balaban J connectivity index is 1.77. The molecule has 0 saturated carbocycles. The van der Waals surface area contributed by atoms with Crippen LogP contribution in [0.2, 0.25) is 0 Å². The van der Waals surface area contributed by atoms with E-state index in [9.17, 15) is 4.79 Å². The summed E-state index contributed by atoms with van der Waals surface area (Å²) in [5.74, 6) is 5.85. The third kappa shape index (κ3) is 3.03. The van der Waals surface area contributed by atoms with Crippen molar-refractivity contribution in [3.8, 4) is 0 Å². The molecular weight excluding hydrogens is 268 g/mol. The number of rotatable bonds is 4. The van der Waals surface area contributed by atoms with E-state index >= 15 is 0 Å². The number of nitrogens with two attached hydrogens (primary N) is 1. The van der Waals surface area contributed by atoms with E-state index < -0.39 is 0 Å². The van der Waals surface area contributed by atoms with Gasteiger partial charge in [0.05, 0.1) is 18.4 Å². The van der Waals surface area contributed by atoms with Crippen molar-refractivity contribution in [1.82, 2.24) is 14.8 Å². The molecule has 7 nitrogen and oxygen atoms in total. The van der Waals surface area contributed by atoms with Crippen molar-refractivity contribution in [1.29, 1.82) is 0 Å². The van der Waals surface area contributed by atoms with Gasteiger partial charge in [-0.15, -0.1) is 0 Å². The van der Waals surface area contributed by atoms with Crippen molar-refractivity contribution < 1.29 is 0 Å². The first-order valence-corrected chi connectivity index (χ1v) is 7.00. The molecule has 0 atom stereocenters. The van der Waals surface area contributed by atoms with Gasteiger partial charge in [0.1, 0.15) is 5.82 Å². The predicted molar refractivity (Wildman–Crippen MR) is 81.1 cm³/mol. The van der Waals surface area contributed by atoms with Crippen LogP contribution in [0, 0.1) is 0 Å². The molecule has 7 heteroatoms. The average Bonchev–Trinajstić information content (AvgIpc) is 3.04. The van der Waals surface area contributed by atoms with Crippen LogP contribution in [0.15, 0.2) is 35.4 Å². The first-order valence-electron chi connectivity index (χ1n) is 7.00. The SMILES string of the molecule is NNc1ccc(Cn2ncc(N3CCCC3)cc2=O)cn1. The molecule has 0 aliphatic carbocycles. The maximum atomic E-state index is 12.1. The van der Waals surface area contributed by atoms with Crippen LogP contribution in [0.25, 0.3) is 0 Å². The third-order valence-corrected chi connectivity index (χ3v) is 3.63. The minimum absolute atomic E-state index is 0.0968. The Labute approximate surface area is 122 Å². The highest BCUT2D eigenvalue weighted by molar-refractivity contribution is 5.43. The fourth-order valence-corrected chi connectivity index (χ4v) is 2.47. The van der Waals surface area contributed by atoms with Crippen LogP contribution in [0.3, 0.4) is 0 Å². The van der Waals surface area contributed by atoms with Crippen LogP contribution < -0.4 is 21.7 Å². The van der Waals surface area contributed by atoms with Crippen LogP contribution >= 0.6 is 0 Å². The molecule has 3 heterocycles. The average molecular weight is 286 g/mol. The molecule has 3 rings (SSSR count). The maximum absolute atomic E-state index is 12.1. The van der Waals surface area contributed by atoms with E-state index in [1.165, 1.54) is 17.5 Å². The van der Waals surface area contributed by atoms with Gasteiger partial charge in [0.25, 0.3) is 5.56 Å². The fraction of sp³-hybridized carbons (Fsp3) is 0.357. The van der Waals surface area contributed by atoms with Crippen molar-refractivity contribution in [3.05, 3.63) is 46.5 Å². The van der Waals surface area contributed by atoms with E-state index in [0.717, 1.165) is 24.3 Å². The van der Waals surface area contributed by atoms with Crippen molar-refractivity contribution >= 4 is 11.5 Å². The second-order valence-electron chi connectivity index (χ2n) is 5.10. The number of hydrazine groups is 1. The van der Waals surface area contributed by atoms with E-state index in [-0.39, 0.29) is 5.56 Å².